The maximum atomic E-state index is 5.74. The Morgan fingerprint density at radius 3 is 2.75 bits per heavy atom. The maximum Gasteiger partial charge on any atom is 0.198 e. The highest BCUT2D eigenvalue weighted by Crippen LogP contribution is 2.25. The van der Waals surface area contributed by atoms with Gasteiger partial charge in [0.15, 0.2) is 11.5 Å². The van der Waals surface area contributed by atoms with Gasteiger partial charge in [-0.05, 0) is 51.2 Å². The van der Waals surface area contributed by atoms with Crippen molar-refractivity contribution in [3.63, 3.8) is 0 Å². The van der Waals surface area contributed by atoms with Crippen molar-refractivity contribution >= 4 is 16.8 Å². The first-order chi connectivity index (χ1) is 9.61. The van der Waals surface area contributed by atoms with Crippen molar-refractivity contribution in [2.24, 2.45) is 0 Å². The van der Waals surface area contributed by atoms with Crippen LogP contribution < -0.4 is 5.32 Å². The van der Waals surface area contributed by atoms with E-state index in [-0.39, 0.29) is 0 Å². The maximum absolute atomic E-state index is 5.74. The highest BCUT2D eigenvalue weighted by molar-refractivity contribution is 5.77. The first-order valence-electron chi connectivity index (χ1n) is 7.47. The quantitative estimate of drug-likeness (QED) is 0.930. The Morgan fingerprint density at radius 1 is 1.30 bits per heavy atom. The van der Waals surface area contributed by atoms with Crippen molar-refractivity contribution < 1.29 is 4.42 Å². The number of rotatable bonds is 3. The smallest absolute Gasteiger partial charge is 0.198 e. The van der Waals surface area contributed by atoms with Crippen LogP contribution in [0.15, 0.2) is 22.6 Å². The molecule has 4 heteroatoms. The minimum Gasteiger partial charge on any atom is -0.440 e. The van der Waals surface area contributed by atoms with Gasteiger partial charge in [0.05, 0.1) is 0 Å². The van der Waals surface area contributed by atoms with Gasteiger partial charge in [-0.3, -0.25) is 0 Å². The molecule has 1 fully saturated rings. The Bertz CT molecular complexity index is 582. The van der Waals surface area contributed by atoms with Gasteiger partial charge in [0.1, 0.15) is 5.52 Å². The molecule has 0 saturated carbocycles. The molecule has 20 heavy (non-hydrogen) atoms. The fraction of sp³-hybridized carbons (Fsp3) is 0.562. The van der Waals surface area contributed by atoms with E-state index in [1.54, 1.807) is 0 Å². The molecule has 4 nitrogen and oxygen atoms in total. The van der Waals surface area contributed by atoms with E-state index in [1.807, 2.05) is 6.07 Å². The van der Waals surface area contributed by atoms with Crippen LogP contribution in [0.5, 0.6) is 0 Å². The number of piperidine rings is 1. The Balaban J connectivity index is 1.75. The molecule has 0 atom stereocenters. The number of nitrogens with zero attached hydrogens (tertiary/aromatic N) is 2. The average molecular weight is 273 g/mol. The SMILES string of the molecule is CC(C)c1nc2cc(NC3CCN(C)CC3)ccc2o1. The van der Waals surface area contributed by atoms with E-state index in [1.165, 1.54) is 25.9 Å². The van der Waals surface area contributed by atoms with E-state index in [0.29, 0.717) is 12.0 Å². The Kier molecular flexibility index (Phi) is 3.66. The molecule has 2 aromatic rings. The van der Waals surface area contributed by atoms with E-state index in [9.17, 15) is 0 Å². The first-order valence-corrected chi connectivity index (χ1v) is 7.47. The van der Waals surface area contributed by atoms with E-state index < -0.39 is 0 Å². The summed E-state index contributed by atoms with van der Waals surface area (Å²) in [5.74, 6) is 1.14. The Labute approximate surface area is 120 Å². The lowest BCUT2D eigenvalue weighted by Gasteiger charge is -2.30. The van der Waals surface area contributed by atoms with Gasteiger partial charge >= 0.3 is 0 Å². The van der Waals surface area contributed by atoms with Crippen LogP contribution in [0.1, 0.15) is 38.5 Å². The van der Waals surface area contributed by atoms with Gasteiger partial charge in [0.2, 0.25) is 0 Å². The second kappa shape index (κ2) is 5.44. The molecule has 0 unspecified atom stereocenters. The molecule has 1 saturated heterocycles. The largest absolute Gasteiger partial charge is 0.440 e. The number of fused-ring (bicyclic) bond motifs is 1. The molecule has 1 N–H and O–H groups in total. The summed E-state index contributed by atoms with van der Waals surface area (Å²) in [5.41, 5.74) is 2.98. The highest BCUT2D eigenvalue weighted by Gasteiger charge is 2.17. The Hall–Kier alpha value is -1.55. The van der Waals surface area contributed by atoms with Gasteiger partial charge in [-0.2, -0.15) is 0 Å². The van der Waals surface area contributed by atoms with Gasteiger partial charge in [-0.25, -0.2) is 4.98 Å². The summed E-state index contributed by atoms with van der Waals surface area (Å²) < 4.78 is 5.74. The lowest BCUT2D eigenvalue weighted by Crippen LogP contribution is -2.36. The van der Waals surface area contributed by atoms with Crippen LogP contribution in [-0.4, -0.2) is 36.1 Å². The molecule has 1 aliphatic rings. The summed E-state index contributed by atoms with van der Waals surface area (Å²) in [4.78, 5) is 6.95. The molecule has 0 radical (unpaired) electrons. The molecular formula is C16H23N3O. The number of hydrogen-bond donors (Lipinski definition) is 1. The second-order valence-electron chi connectivity index (χ2n) is 6.11. The van der Waals surface area contributed by atoms with E-state index in [4.69, 9.17) is 4.42 Å². The van der Waals surface area contributed by atoms with Crippen molar-refractivity contribution in [3.05, 3.63) is 24.1 Å². The minimum atomic E-state index is 0.327. The van der Waals surface area contributed by atoms with E-state index in [2.05, 4.69) is 48.2 Å². The number of benzene rings is 1. The minimum absolute atomic E-state index is 0.327. The normalized spacial score (nSPS) is 18.0. The van der Waals surface area contributed by atoms with Gasteiger partial charge in [0, 0.05) is 17.6 Å². The summed E-state index contributed by atoms with van der Waals surface area (Å²) in [6.45, 7) is 6.54. The standard InChI is InChI=1S/C16H23N3O/c1-11(2)16-18-14-10-13(4-5-15(14)20-16)17-12-6-8-19(3)9-7-12/h4-5,10-12,17H,6-9H2,1-3H3. The fourth-order valence-corrected chi connectivity index (χ4v) is 2.67. The summed E-state index contributed by atoms with van der Waals surface area (Å²) in [6, 6.07) is 6.78. The van der Waals surface area contributed by atoms with Gasteiger partial charge in [-0.1, -0.05) is 13.8 Å². The summed E-state index contributed by atoms with van der Waals surface area (Å²) in [6.07, 6.45) is 2.40. The predicted octanol–water partition coefficient (Wildman–Crippen LogP) is 3.46. The van der Waals surface area contributed by atoms with Gasteiger partial charge < -0.3 is 14.6 Å². The van der Waals surface area contributed by atoms with Crippen molar-refractivity contribution in [1.29, 1.82) is 0 Å². The van der Waals surface area contributed by atoms with Crippen LogP contribution >= 0.6 is 0 Å². The lowest BCUT2D eigenvalue weighted by atomic mass is 10.1. The van der Waals surface area contributed by atoms with Crippen LogP contribution in [0.25, 0.3) is 11.1 Å². The first kappa shape index (κ1) is 13.4. The zero-order valence-corrected chi connectivity index (χ0v) is 12.5. The van der Waals surface area contributed by atoms with Gasteiger partial charge in [0.25, 0.3) is 0 Å². The predicted molar refractivity (Wildman–Crippen MR) is 82.2 cm³/mol. The van der Waals surface area contributed by atoms with Crippen LogP contribution in [0, 0.1) is 0 Å². The summed E-state index contributed by atoms with van der Waals surface area (Å²) >= 11 is 0. The van der Waals surface area contributed by atoms with Crippen molar-refractivity contribution in [3.8, 4) is 0 Å². The Morgan fingerprint density at radius 2 is 2.05 bits per heavy atom. The number of oxazole rings is 1. The van der Waals surface area contributed by atoms with Crippen LogP contribution in [0.4, 0.5) is 5.69 Å². The zero-order chi connectivity index (χ0) is 14.1. The topological polar surface area (TPSA) is 41.3 Å². The number of likely N-dealkylation sites (tertiary alicyclic amines) is 1. The molecule has 3 rings (SSSR count). The van der Waals surface area contributed by atoms with Crippen molar-refractivity contribution in [2.75, 3.05) is 25.5 Å². The third kappa shape index (κ3) is 2.80. The molecule has 2 heterocycles. The van der Waals surface area contributed by atoms with Crippen molar-refractivity contribution in [1.82, 2.24) is 9.88 Å². The third-order valence-electron chi connectivity index (χ3n) is 3.99. The second-order valence-corrected chi connectivity index (χ2v) is 6.11. The molecular weight excluding hydrogens is 250 g/mol. The molecule has 0 bridgehead atoms. The summed E-state index contributed by atoms with van der Waals surface area (Å²) in [7, 11) is 2.19. The molecule has 1 aliphatic heterocycles. The number of nitrogens with one attached hydrogen (secondary N) is 1. The molecule has 0 spiro atoms. The fourth-order valence-electron chi connectivity index (χ4n) is 2.67. The lowest BCUT2D eigenvalue weighted by molar-refractivity contribution is 0.264. The van der Waals surface area contributed by atoms with Crippen LogP contribution in [0.2, 0.25) is 0 Å². The van der Waals surface area contributed by atoms with Crippen LogP contribution in [0.3, 0.4) is 0 Å². The molecule has 1 aromatic carbocycles. The van der Waals surface area contributed by atoms with E-state index in [0.717, 1.165) is 22.7 Å². The molecule has 0 amide bonds. The molecule has 1 aromatic heterocycles. The average Bonchev–Trinajstić information content (AvgIpc) is 2.85. The monoisotopic (exact) mass is 273 g/mol. The number of aromatic nitrogens is 1. The van der Waals surface area contributed by atoms with E-state index >= 15 is 0 Å². The highest BCUT2D eigenvalue weighted by atomic mass is 16.3. The molecule has 108 valence electrons. The van der Waals surface area contributed by atoms with Crippen LogP contribution in [-0.2, 0) is 0 Å². The molecule has 0 aliphatic carbocycles. The van der Waals surface area contributed by atoms with Gasteiger partial charge in [-0.15, -0.1) is 0 Å². The number of anilines is 1. The third-order valence-corrected chi connectivity index (χ3v) is 3.99. The summed E-state index contributed by atoms with van der Waals surface area (Å²) in [5, 5.41) is 3.62. The number of hydrogen-bond acceptors (Lipinski definition) is 4. The van der Waals surface area contributed by atoms with Crippen molar-refractivity contribution in [2.45, 2.75) is 38.6 Å². The zero-order valence-electron chi connectivity index (χ0n) is 12.5.